The predicted molar refractivity (Wildman–Crippen MR) is 66.1 cm³/mol. The summed E-state index contributed by atoms with van der Waals surface area (Å²) in [5.74, 6) is 0. The molecule has 0 amide bonds. The highest BCUT2D eigenvalue weighted by Gasteiger charge is 2.04. The van der Waals surface area contributed by atoms with Crippen molar-refractivity contribution < 1.29 is 4.74 Å². The predicted octanol–water partition coefficient (Wildman–Crippen LogP) is 2.76. The van der Waals surface area contributed by atoms with E-state index in [-0.39, 0.29) is 5.38 Å². The molecule has 1 heterocycles. The summed E-state index contributed by atoms with van der Waals surface area (Å²) in [6.07, 6.45) is 1.87. The number of thiazole rings is 1. The van der Waals surface area contributed by atoms with Gasteiger partial charge >= 0.3 is 0 Å². The molecule has 0 aromatic carbocycles. The fourth-order valence-electron chi connectivity index (χ4n) is 1.15. The Hall–Kier alpha value is -0.320. The van der Waals surface area contributed by atoms with Crippen molar-refractivity contribution in [2.75, 3.05) is 25.6 Å². The molecule has 0 aliphatic heterocycles. The minimum Gasteiger partial charge on any atom is -0.383 e. The molecule has 15 heavy (non-hydrogen) atoms. The zero-order chi connectivity index (χ0) is 11.1. The molecule has 3 nitrogen and oxygen atoms in total. The summed E-state index contributed by atoms with van der Waals surface area (Å²) in [5.41, 5.74) is 1.14. The Balaban J connectivity index is 2.19. The van der Waals surface area contributed by atoms with Crippen molar-refractivity contribution in [1.82, 2.24) is 4.98 Å². The molecule has 0 saturated carbocycles. The van der Waals surface area contributed by atoms with Crippen LogP contribution in [-0.2, 0) is 11.2 Å². The SMILES string of the molecule is CCc1csc(NCCC(Cl)COC)n1. The first-order chi connectivity index (χ1) is 7.26. The van der Waals surface area contributed by atoms with Gasteiger partial charge in [0, 0.05) is 19.0 Å². The number of alkyl halides is 1. The van der Waals surface area contributed by atoms with Gasteiger partial charge in [-0.3, -0.25) is 0 Å². The van der Waals surface area contributed by atoms with E-state index in [0.717, 1.165) is 30.2 Å². The standard InChI is InChI=1S/C10H17ClN2OS/c1-3-9-7-15-10(13-9)12-5-4-8(11)6-14-2/h7-8H,3-6H2,1-2H3,(H,12,13). The van der Waals surface area contributed by atoms with Crippen LogP contribution in [0.5, 0.6) is 0 Å². The second kappa shape index (κ2) is 7.04. The average molecular weight is 249 g/mol. The zero-order valence-electron chi connectivity index (χ0n) is 9.12. The van der Waals surface area contributed by atoms with Gasteiger partial charge in [0.05, 0.1) is 17.7 Å². The molecule has 0 saturated heterocycles. The number of rotatable bonds is 7. The molecule has 0 radical (unpaired) electrons. The Labute approximate surface area is 99.8 Å². The number of halogens is 1. The van der Waals surface area contributed by atoms with Crippen LogP contribution in [0.4, 0.5) is 5.13 Å². The Morgan fingerprint density at radius 1 is 1.67 bits per heavy atom. The molecule has 1 atom stereocenters. The van der Waals surface area contributed by atoms with E-state index >= 15 is 0 Å². The molecule has 0 bridgehead atoms. The first-order valence-electron chi connectivity index (χ1n) is 5.07. The third kappa shape index (κ3) is 4.82. The van der Waals surface area contributed by atoms with E-state index in [2.05, 4.69) is 22.6 Å². The maximum absolute atomic E-state index is 6.00. The Kier molecular flexibility index (Phi) is 5.98. The highest BCUT2D eigenvalue weighted by atomic mass is 35.5. The van der Waals surface area contributed by atoms with E-state index in [1.54, 1.807) is 18.4 Å². The number of hydrogen-bond donors (Lipinski definition) is 1. The quantitative estimate of drug-likeness (QED) is 0.754. The monoisotopic (exact) mass is 248 g/mol. The van der Waals surface area contributed by atoms with Gasteiger partial charge in [-0.2, -0.15) is 0 Å². The maximum atomic E-state index is 6.00. The van der Waals surface area contributed by atoms with E-state index in [9.17, 15) is 0 Å². The number of hydrogen-bond acceptors (Lipinski definition) is 4. The van der Waals surface area contributed by atoms with Crippen molar-refractivity contribution in [3.05, 3.63) is 11.1 Å². The van der Waals surface area contributed by atoms with E-state index in [0.29, 0.717) is 6.61 Å². The maximum Gasteiger partial charge on any atom is 0.182 e. The summed E-state index contributed by atoms with van der Waals surface area (Å²) < 4.78 is 4.96. The molecule has 0 fully saturated rings. The average Bonchev–Trinajstić information content (AvgIpc) is 2.66. The molecule has 0 aliphatic rings. The summed E-state index contributed by atoms with van der Waals surface area (Å²) in [7, 11) is 1.66. The highest BCUT2D eigenvalue weighted by Crippen LogP contribution is 2.15. The third-order valence-corrected chi connectivity index (χ3v) is 3.19. The summed E-state index contributed by atoms with van der Waals surface area (Å²) in [6, 6.07) is 0. The van der Waals surface area contributed by atoms with Crippen LogP contribution in [0.2, 0.25) is 0 Å². The van der Waals surface area contributed by atoms with Gasteiger partial charge in [0.2, 0.25) is 0 Å². The Morgan fingerprint density at radius 2 is 2.47 bits per heavy atom. The fraction of sp³-hybridized carbons (Fsp3) is 0.700. The van der Waals surface area contributed by atoms with Crippen LogP contribution in [0.25, 0.3) is 0 Å². The Bertz CT molecular complexity index is 280. The second-order valence-corrected chi connectivity index (χ2v) is 4.74. The van der Waals surface area contributed by atoms with E-state index in [1.165, 1.54) is 0 Å². The number of methoxy groups -OCH3 is 1. The molecule has 1 N–H and O–H groups in total. The molecule has 0 spiro atoms. The molecule has 1 aromatic heterocycles. The summed E-state index contributed by atoms with van der Waals surface area (Å²) in [5, 5.41) is 6.39. The lowest BCUT2D eigenvalue weighted by Gasteiger charge is -2.07. The first-order valence-corrected chi connectivity index (χ1v) is 6.39. The molecule has 5 heteroatoms. The zero-order valence-corrected chi connectivity index (χ0v) is 10.7. The van der Waals surface area contributed by atoms with E-state index in [4.69, 9.17) is 16.3 Å². The minimum absolute atomic E-state index is 0.0770. The topological polar surface area (TPSA) is 34.1 Å². The summed E-state index contributed by atoms with van der Waals surface area (Å²) in [6.45, 7) is 3.54. The molecule has 1 rings (SSSR count). The molecule has 0 aliphatic carbocycles. The van der Waals surface area contributed by atoms with E-state index < -0.39 is 0 Å². The molecule has 1 unspecified atom stereocenters. The molecular weight excluding hydrogens is 232 g/mol. The van der Waals surface area contributed by atoms with Crippen LogP contribution in [0, 0.1) is 0 Å². The molecule has 86 valence electrons. The van der Waals surface area contributed by atoms with Crippen molar-refractivity contribution in [2.24, 2.45) is 0 Å². The molecular formula is C10H17ClN2OS. The number of aromatic nitrogens is 1. The van der Waals surface area contributed by atoms with Gasteiger partial charge in [-0.15, -0.1) is 22.9 Å². The number of anilines is 1. The van der Waals surface area contributed by atoms with Crippen molar-refractivity contribution in [1.29, 1.82) is 0 Å². The number of aryl methyl sites for hydroxylation is 1. The van der Waals surface area contributed by atoms with Crippen LogP contribution in [0.15, 0.2) is 5.38 Å². The largest absolute Gasteiger partial charge is 0.383 e. The number of nitrogens with zero attached hydrogens (tertiary/aromatic N) is 1. The third-order valence-electron chi connectivity index (χ3n) is 2.00. The summed E-state index contributed by atoms with van der Waals surface area (Å²) >= 11 is 7.64. The van der Waals surface area contributed by atoms with Gasteiger partial charge in [0.25, 0.3) is 0 Å². The van der Waals surface area contributed by atoms with E-state index in [1.807, 2.05) is 0 Å². The van der Waals surface area contributed by atoms with Crippen molar-refractivity contribution >= 4 is 28.1 Å². The van der Waals surface area contributed by atoms with Gasteiger partial charge in [0.15, 0.2) is 5.13 Å². The van der Waals surface area contributed by atoms with Crippen LogP contribution in [-0.4, -0.2) is 30.6 Å². The number of nitrogens with one attached hydrogen (secondary N) is 1. The first kappa shape index (κ1) is 12.7. The van der Waals surface area contributed by atoms with Crippen molar-refractivity contribution in [2.45, 2.75) is 25.1 Å². The van der Waals surface area contributed by atoms with Gasteiger partial charge in [-0.1, -0.05) is 6.92 Å². The lowest BCUT2D eigenvalue weighted by Crippen LogP contribution is -2.13. The van der Waals surface area contributed by atoms with Crippen LogP contribution in [0.3, 0.4) is 0 Å². The van der Waals surface area contributed by atoms with Crippen LogP contribution in [0.1, 0.15) is 19.0 Å². The Morgan fingerprint density at radius 3 is 3.07 bits per heavy atom. The minimum atomic E-state index is 0.0770. The van der Waals surface area contributed by atoms with Gasteiger partial charge in [0.1, 0.15) is 0 Å². The smallest absolute Gasteiger partial charge is 0.182 e. The normalized spacial score (nSPS) is 12.7. The lowest BCUT2D eigenvalue weighted by molar-refractivity contribution is 0.196. The van der Waals surface area contributed by atoms with Gasteiger partial charge < -0.3 is 10.1 Å². The molecule has 1 aromatic rings. The fourth-order valence-corrected chi connectivity index (χ4v) is 2.21. The number of ether oxygens (including phenoxy) is 1. The van der Waals surface area contributed by atoms with Crippen LogP contribution >= 0.6 is 22.9 Å². The van der Waals surface area contributed by atoms with Crippen molar-refractivity contribution in [3.8, 4) is 0 Å². The lowest BCUT2D eigenvalue weighted by atomic mass is 10.3. The second-order valence-electron chi connectivity index (χ2n) is 3.27. The van der Waals surface area contributed by atoms with Crippen LogP contribution < -0.4 is 5.32 Å². The van der Waals surface area contributed by atoms with Crippen molar-refractivity contribution in [3.63, 3.8) is 0 Å². The van der Waals surface area contributed by atoms with Gasteiger partial charge in [-0.05, 0) is 12.8 Å². The van der Waals surface area contributed by atoms with Gasteiger partial charge in [-0.25, -0.2) is 4.98 Å². The highest BCUT2D eigenvalue weighted by molar-refractivity contribution is 7.13. The summed E-state index contributed by atoms with van der Waals surface area (Å²) in [4.78, 5) is 4.40.